The van der Waals surface area contributed by atoms with Gasteiger partial charge in [-0.3, -0.25) is 9.69 Å². The quantitative estimate of drug-likeness (QED) is 0.396. The van der Waals surface area contributed by atoms with E-state index in [9.17, 15) is 4.79 Å². The van der Waals surface area contributed by atoms with Crippen molar-refractivity contribution in [2.45, 2.75) is 32.7 Å². The second-order valence-electron chi connectivity index (χ2n) is 6.69. The first-order valence-corrected chi connectivity index (χ1v) is 8.51. The summed E-state index contributed by atoms with van der Waals surface area (Å²) in [6.07, 6.45) is 4.25. The van der Waals surface area contributed by atoms with Crippen molar-refractivity contribution in [3.05, 3.63) is 12.7 Å². The zero-order chi connectivity index (χ0) is 17.2. The summed E-state index contributed by atoms with van der Waals surface area (Å²) in [5, 5.41) is 6.55. The topological polar surface area (TPSA) is 60.0 Å². The molecule has 0 bridgehead atoms. The van der Waals surface area contributed by atoms with Crippen molar-refractivity contribution in [2.24, 2.45) is 10.9 Å². The molecule has 0 saturated carbocycles. The predicted octanol–water partition coefficient (Wildman–Crippen LogP) is 0.916. The fourth-order valence-electron chi connectivity index (χ4n) is 2.68. The van der Waals surface area contributed by atoms with Gasteiger partial charge < -0.3 is 15.5 Å². The molecule has 0 aromatic carbocycles. The molecular formula is C17H33N5O. The maximum atomic E-state index is 11.7. The molecule has 1 atom stereocenters. The number of hydrogen-bond acceptors (Lipinski definition) is 3. The van der Waals surface area contributed by atoms with Crippen LogP contribution in [0.2, 0.25) is 0 Å². The van der Waals surface area contributed by atoms with Crippen molar-refractivity contribution in [3.63, 3.8) is 0 Å². The highest BCUT2D eigenvalue weighted by Gasteiger charge is 2.24. The van der Waals surface area contributed by atoms with Crippen molar-refractivity contribution in [1.82, 2.24) is 20.4 Å². The Morgan fingerprint density at radius 1 is 1.43 bits per heavy atom. The Kier molecular flexibility index (Phi) is 8.69. The minimum absolute atomic E-state index is 0.00740. The lowest BCUT2D eigenvalue weighted by Gasteiger charge is -2.27. The van der Waals surface area contributed by atoms with Crippen LogP contribution in [0.5, 0.6) is 0 Å². The number of likely N-dealkylation sites (N-methyl/N-ethyl adjacent to an activating group) is 1. The molecule has 1 aliphatic heterocycles. The molecule has 132 valence electrons. The van der Waals surface area contributed by atoms with Crippen LogP contribution < -0.4 is 10.6 Å². The van der Waals surface area contributed by atoms with E-state index in [1.807, 2.05) is 0 Å². The van der Waals surface area contributed by atoms with Crippen LogP contribution in [-0.2, 0) is 4.79 Å². The third kappa shape index (κ3) is 7.50. The minimum Gasteiger partial charge on any atom is -0.355 e. The molecule has 0 spiro atoms. The van der Waals surface area contributed by atoms with E-state index in [0.717, 1.165) is 13.1 Å². The van der Waals surface area contributed by atoms with E-state index in [1.165, 1.54) is 19.4 Å². The number of carbonyl (C=O) groups is 1. The van der Waals surface area contributed by atoms with Gasteiger partial charge in [0.05, 0.1) is 0 Å². The number of amides is 1. The molecule has 1 heterocycles. The summed E-state index contributed by atoms with van der Waals surface area (Å²) in [6.45, 7) is 12.2. The van der Waals surface area contributed by atoms with Crippen LogP contribution in [0, 0.1) is 5.92 Å². The standard InChI is InChI=1S/C17H33N5O/c1-6-9-18-17(20-12-16(23)21(4)5)19-11-15-8-7-10-22(15)13-14(2)3/h6,14-15H,1,7-13H2,2-5H3,(H2,18,19,20)/t15-/m1/s1. The Balaban J connectivity index is 2.54. The molecule has 1 aliphatic rings. The smallest absolute Gasteiger partial charge is 0.243 e. The molecule has 1 fully saturated rings. The molecular weight excluding hydrogens is 290 g/mol. The van der Waals surface area contributed by atoms with Crippen LogP contribution in [0.4, 0.5) is 0 Å². The molecule has 23 heavy (non-hydrogen) atoms. The summed E-state index contributed by atoms with van der Waals surface area (Å²) in [7, 11) is 3.48. The zero-order valence-electron chi connectivity index (χ0n) is 15.1. The monoisotopic (exact) mass is 323 g/mol. The van der Waals surface area contributed by atoms with Crippen LogP contribution in [-0.4, -0.2) is 74.5 Å². The Morgan fingerprint density at radius 2 is 2.17 bits per heavy atom. The van der Waals surface area contributed by atoms with Crippen LogP contribution in [0.25, 0.3) is 0 Å². The minimum atomic E-state index is -0.00740. The molecule has 2 N–H and O–H groups in total. The first-order valence-electron chi connectivity index (χ1n) is 8.51. The SMILES string of the molecule is C=CCNC(=NCC(=O)N(C)C)NC[C@H]1CCCN1CC(C)C. The molecule has 6 nitrogen and oxygen atoms in total. The first kappa shape index (κ1) is 19.5. The fraction of sp³-hybridized carbons (Fsp3) is 0.765. The Hall–Kier alpha value is -1.56. The number of rotatable bonds is 8. The van der Waals surface area contributed by atoms with E-state index in [-0.39, 0.29) is 12.5 Å². The van der Waals surface area contributed by atoms with Gasteiger partial charge in [0.25, 0.3) is 0 Å². The van der Waals surface area contributed by atoms with Crippen molar-refractivity contribution in [3.8, 4) is 0 Å². The van der Waals surface area contributed by atoms with E-state index in [2.05, 4.69) is 41.0 Å². The van der Waals surface area contributed by atoms with Gasteiger partial charge >= 0.3 is 0 Å². The molecule has 1 saturated heterocycles. The maximum Gasteiger partial charge on any atom is 0.243 e. The van der Waals surface area contributed by atoms with Gasteiger partial charge in [-0.15, -0.1) is 6.58 Å². The maximum absolute atomic E-state index is 11.7. The number of likely N-dealkylation sites (tertiary alicyclic amines) is 1. The average molecular weight is 323 g/mol. The summed E-state index contributed by atoms with van der Waals surface area (Å²) in [6, 6.07) is 0.540. The van der Waals surface area contributed by atoms with Gasteiger partial charge in [0.2, 0.25) is 5.91 Å². The molecule has 0 radical (unpaired) electrons. The van der Waals surface area contributed by atoms with E-state index in [4.69, 9.17) is 0 Å². The third-order valence-electron chi connectivity index (χ3n) is 3.89. The summed E-state index contributed by atoms with van der Waals surface area (Å²) in [4.78, 5) is 20.2. The highest BCUT2D eigenvalue weighted by atomic mass is 16.2. The van der Waals surface area contributed by atoms with Crippen LogP contribution >= 0.6 is 0 Å². The summed E-state index contributed by atoms with van der Waals surface area (Å²) >= 11 is 0. The van der Waals surface area contributed by atoms with Crippen LogP contribution in [0.15, 0.2) is 17.6 Å². The summed E-state index contributed by atoms with van der Waals surface area (Å²) in [5.74, 6) is 1.35. The van der Waals surface area contributed by atoms with E-state index < -0.39 is 0 Å². The van der Waals surface area contributed by atoms with Crippen LogP contribution in [0.3, 0.4) is 0 Å². The number of nitrogens with zero attached hydrogens (tertiary/aromatic N) is 3. The van der Waals surface area contributed by atoms with E-state index in [0.29, 0.717) is 24.5 Å². The second kappa shape index (κ2) is 10.3. The molecule has 6 heteroatoms. The lowest BCUT2D eigenvalue weighted by Crippen LogP contribution is -2.46. The highest BCUT2D eigenvalue weighted by molar-refractivity contribution is 5.84. The molecule has 1 amide bonds. The second-order valence-corrected chi connectivity index (χ2v) is 6.69. The molecule has 0 aromatic heterocycles. The Morgan fingerprint density at radius 3 is 2.78 bits per heavy atom. The molecule has 1 rings (SSSR count). The van der Waals surface area contributed by atoms with Gasteiger partial charge in [-0.2, -0.15) is 0 Å². The van der Waals surface area contributed by atoms with Crippen molar-refractivity contribution >= 4 is 11.9 Å². The van der Waals surface area contributed by atoms with E-state index >= 15 is 0 Å². The predicted molar refractivity (Wildman–Crippen MR) is 96.6 cm³/mol. The van der Waals surface area contributed by atoms with Gasteiger partial charge in [-0.25, -0.2) is 4.99 Å². The number of hydrogen-bond donors (Lipinski definition) is 2. The average Bonchev–Trinajstić information content (AvgIpc) is 2.92. The van der Waals surface area contributed by atoms with Gasteiger partial charge in [0, 0.05) is 39.8 Å². The van der Waals surface area contributed by atoms with Gasteiger partial charge in [-0.05, 0) is 25.3 Å². The lowest BCUT2D eigenvalue weighted by molar-refractivity contribution is -0.127. The number of aliphatic imine (C=N–C) groups is 1. The Labute approximate surface area is 141 Å². The molecule has 0 unspecified atom stereocenters. The lowest BCUT2D eigenvalue weighted by atomic mass is 10.1. The number of nitrogens with one attached hydrogen (secondary N) is 2. The summed E-state index contributed by atoms with van der Waals surface area (Å²) < 4.78 is 0. The van der Waals surface area contributed by atoms with Gasteiger partial charge in [-0.1, -0.05) is 19.9 Å². The largest absolute Gasteiger partial charge is 0.355 e. The van der Waals surface area contributed by atoms with Gasteiger partial charge in [0.15, 0.2) is 5.96 Å². The third-order valence-corrected chi connectivity index (χ3v) is 3.89. The first-order chi connectivity index (χ1) is 10.9. The van der Waals surface area contributed by atoms with Gasteiger partial charge in [0.1, 0.15) is 6.54 Å². The zero-order valence-corrected chi connectivity index (χ0v) is 15.1. The number of carbonyl (C=O) groups excluding carboxylic acids is 1. The normalized spacial score (nSPS) is 19.0. The fourth-order valence-corrected chi connectivity index (χ4v) is 2.68. The van der Waals surface area contributed by atoms with Crippen LogP contribution in [0.1, 0.15) is 26.7 Å². The van der Waals surface area contributed by atoms with Crippen molar-refractivity contribution < 1.29 is 4.79 Å². The highest BCUT2D eigenvalue weighted by Crippen LogP contribution is 2.17. The number of guanidine groups is 1. The van der Waals surface area contributed by atoms with Crippen molar-refractivity contribution in [2.75, 3.05) is 46.8 Å². The van der Waals surface area contributed by atoms with E-state index in [1.54, 1.807) is 25.1 Å². The molecule has 0 aromatic rings. The summed E-state index contributed by atoms with van der Waals surface area (Å²) in [5.41, 5.74) is 0. The molecule has 0 aliphatic carbocycles. The van der Waals surface area contributed by atoms with Crippen molar-refractivity contribution in [1.29, 1.82) is 0 Å². The Bertz CT molecular complexity index is 406.